The molecule has 0 spiro atoms. The number of rotatable bonds is 1. The van der Waals surface area contributed by atoms with Crippen LogP contribution in [-0.4, -0.2) is 6.04 Å². The second-order valence-electron chi connectivity index (χ2n) is 4.59. The Kier molecular flexibility index (Phi) is 2.56. The molecule has 18 heavy (non-hydrogen) atoms. The van der Waals surface area contributed by atoms with Crippen LogP contribution < -0.4 is 10.6 Å². The zero-order chi connectivity index (χ0) is 12.5. The van der Waals surface area contributed by atoms with Gasteiger partial charge in [0.25, 0.3) is 0 Å². The van der Waals surface area contributed by atoms with Gasteiger partial charge >= 0.3 is 0 Å². The Morgan fingerprint density at radius 1 is 0.944 bits per heavy atom. The molecule has 0 aromatic heterocycles. The molecule has 90 valence electrons. The predicted octanol–water partition coefficient (Wildman–Crippen LogP) is 3.82. The quantitative estimate of drug-likeness (QED) is 0.763. The van der Waals surface area contributed by atoms with Crippen LogP contribution in [0.25, 0.3) is 6.08 Å². The summed E-state index contributed by atoms with van der Waals surface area (Å²) >= 11 is 0. The lowest BCUT2D eigenvalue weighted by Crippen LogP contribution is -2.29. The van der Waals surface area contributed by atoms with E-state index in [1.165, 1.54) is 11.3 Å². The molecule has 1 aliphatic rings. The molecule has 2 N–H and O–H groups in total. The number of para-hydroxylation sites is 3. The summed E-state index contributed by atoms with van der Waals surface area (Å²) in [6, 6.07) is 16.7. The number of nitrogen functional groups attached to an aromatic ring is 1. The molecule has 2 heteroatoms. The van der Waals surface area contributed by atoms with Gasteiger partial charge in [0.1, 0.15) is 0 Å². The van der Waals surface area contributed by atoms with Crippen molar-refractivity contribution in [2.45, 2.75) is 13.0 Å². The SMILES string of the molecule is CC1C=Cc2ccccc2N1c1ccccc1N. The summed E-state index contributed by atoms with van der Waals surface area (Å²) < 4.78 is 0. The van der Waals surface area contributed by atoms with Crippen LogP contribution in [0.4, 0.5) is 17.1 Å². The van der Waals surface area contributed by atoms with Gasteiger partial charge in [-0.15, -0.1) is 0 Å². The first-order chi connectivity index (χ1) is 8.77. The Balaban J connectivity index is 2.17. The highest BCUT2D eigenvalue weighted by Gasteiger charge is 2.21. The van der Waals surface area contributed by atoms with Crippen molar-refractivity contribution >= 4 is 23.1 Å². The molecule has 1 heterocycles. The van der Waals surface area contributed by atoms with Gasteiger partial charge in [0, 0.05) is 11.7 Å². The van der Waals surface area contributed by atoms with Crippen molar-refractivity contribution in [2.24, 2.45) is 0 Å². The maximum absolute atomic E-state index is 6.10. The topological polar surface area (TPSA) is 29.3 Å². The molecule has 0 aliphatic carbocycles. The molecule has 2 aromatic carbocycles. The zero-order valence-electron chi connectivity index (χ0n) is 10.4. The summed E-state index contributed by atoms with van der Waals surface area (Å²) in [5, 5.41) is 0. The number of fused-ring (bicyclic) bond motifs is 1. The maximum Gasteiger partial charge on any atom is 0.0650 e. The molecule has 2 aromatic rings. The van der Waals surface area contributed by atoms with Crippen LogP contribution in [-0.2, 0) is 0 Å². The molecule has 1 unspecified atom stereocenters. The van der Waals surface area contributed by atoms with Crippen LogP contribution in [0, 0.1) is 0 Å². The fraction of sp³-hybridized carbons (Fsp3) is 0.125. The van der Waals surface area contributed by atoms with Gasteiger partial charge in [-0.25, -0.2) is 0 Å². The Hall–Kier alpha value is -2.22. The third-order valence-corrected chi connectivity index (χ3v) is 3.35. The minimum atomic E-state index is 0.310. The van der Waals surface area contributed by atoms with Crippen molar-refractivity contribution < 1.29 is 0 Å². The van der Waals surface area contributed by atoms with E-state index < -0.39 is 0 Å². The fourth-order valence-electron chi connectivity index (χ4n) is 2.45. The van der Waals surface area contributed by atoms with Crippen molar-refractivity contribution in [1.82, 2.24) is 0 Å². The summed E-state index contributed by atoms with van der Waals surface area (Å²) in [4.78, 5) is 2.28. The third kappa shape index (κ3) is 1.66. The second-order valence-corrected chi connectivity index (χ2v) is 4.59. The molecular weight excluding hydrogens is 220 g/mol. The van der Waals surface area contributed by atoms with Gasteiger partial charge in [0.05, 0.1) is 11.4 Å². The lowest BCUT2D eigenvalue weighted by molar-refractivity contribution is 0.859. The van der Waals surface area contributed by atoms with Crippen LogP contribution in [0.15, 0.2) is 54.6 Å². The van der Waals surface area contributed by atoms with Crippen molar-refractivity contribution in [2.75, 3.05) is 10.6 Å². The Morgan fingerprint density at radius 3 is 2.39 bits per heavy atom. The molecule has 2 nitrogen and oxygen atoms in total. The van der Waals surface area contributed by atoms with Gasteiger partial charge in [-0.2, -0.15) is 0 Å². The van der Waals surface area contributed by atoms with Crippen molar-refractivity contribution in [3.05, 3.63) is 60.2 Å². The maximum atomic E-state index is 6.10. The number of benzene rings is 2. The van der Waals surface area contributed by atoms with Crippen LogP contribution >= 0.6 is 0 Å². The first kappa shape index (κ1) is 10.9. The van der Waals surface area contributed by atoms with E-state index in [0.29, 0.717) is 6.04 Å². The van der Waals surface area contributed by atoms with E-state index in [9.17, 15) is 0 Å². The van der Waals surface area contributed by atoms with Crippen LogP contribution in [0.3, 0.4) is 0 Å². The number of hydrogen-bond acceptors (Lipinski definition) is 2. The summed E-state index contributed by atoms with van der Waals surface area (Å²) in [6.07, 6.45) is 4.38. The lowest BCUT2D eigenvalue weighted by atomic mass is 10.0. The highest BCUT2D eigenvalue weighted by atomic mass is 15.2. The summed E-state index contributed by atoms with van der Waals surface area (Å²) in [5.41, 5.74) is 10.4. The van der Waals surface area contributed by atoms with E-state index in [1.54, 1.807) is 0 Å². The van der Waals surface area contributed by atoms with Crippen LogP contribution in [0.2, 0.25) is 0 Å². The van der Waals surface area contributed by atoms with E-state index in [4.69, 9.17) is 5.73 Å². The van der Waals surface area contributed by atoms with Crippen molar-refractivity contribution in [3.63, 3.8) is 0 Å². The van der Waals surface area contributed by atoms with Gasteiger partial charge in [-0.05, 0) is 30.7 Å². The van der Waals surface area contributed by atoms with Gasteiger partial charge in [0.2, 0.25) is 0 Å². The molecule has 0 saturated carbocycles. The Labute approximate surface area is 107 Å². The van der Waals surface area contributed by atoms with Crippen LogP contribution in [0.5, 0.6) is 0 Å². The van der Waals surface area contributed by atoms with E-state index in [0.717, 1.165) is 11.4 Å². The molecular formula is C16H16N2. The standard InChI is InChI=1S/C16H16N2/c1-12-10-11-13-6-2-4-8-15(13)18(12)16-9-5-3-7-14(16)17/h2-12H,17H2,1H3. The van der Waals surface area contributed by atoms with E-state index in [2.05, 4.69) is 54.3 Å². The number of nitrogens with zero attached hydrogens (tertiary/aromatic N) is 1. The molecule has 1 aliphatic heterocycles. The highest BCUT2D eigenvalue weighted by Crippen LogP contribution is 2.37. The monoisotopic (exact) mass is 236 g/mol. The summed E-state index contributed by atoms with van der Waals surface area (Å²) in [7, 11) is 0. The van der Waals surface area contributed by atoms with Crippen molar-refractivity contribution in [1.29, 1.82) is 0 Å². The molecule has 3 rings (SSSR count). The average molecular weight is 236 g/mol. The highest BCUT2D eigenvalue weighted by molar-refractivity contribution is 5.83. The van der Waals surface area contributed by atoms with Gasteiger partial charge in [-0.3, -0.25) is 0 Å². The smallest absolute Gasteiger partial charge is 0.0650 e. The van der Waals surface area contributed by atoms with E-state index in [1.807, 2.05) is 18.2 Å². The molecule has 0 fully saturated rings. The summed E-state index contributed by atoms with van der Waals surface area (Å²) in [5.74, 6) is 0. The van der Waals surface area contributed by atoms with Crippen molar-refractivity contribution in [3.8, 4) is 0 Å². The largest absolute Gasteiger partial charge is 0.397 e. The Bertz CT molecular complexity index is 602. The zero-order valence-corrected chi connectivity index (χ0v) is 10.4. The first-order valence-corrected chi connectivity index (χ1v) is 6.18. The molecule has 0 radical (unpaired) electrons. The molecule has 0 saturated heterocycles. The molecule has 0 amide bonds. The fourth-order valence-corrected chi connectivity index (χ4v) is 2.45. The third-order valence-electron chi connectivity index (χ3n) is 3.35. The van der Waals surface area contributed by atoms with E-state index in [-0.39, 0.29) is 0 Å². The number of anilines is 3. The minimum absolute atomic E-state index is 0.310. The van der Waals surface area contributed by atoms with Gasteiger partial charge < -0.3 is 10.6 Å². The molecule has 0 bridgehead atoms. The van der Waals surface area contributed by atoms with Gasteiger partial charge in [-0.1, -0.05) is 42.5 Å². The van der Waals surface area contributed by atoms with Gasteiger partial charge in [0.15, 0.2) is 0 Å². The minimum Gasteiger partial charge on any atom is -0.397 e. The molecule has 1 atom stereocenters. The first-order valence-electron chi connectivity index (χ1n) is 6.18. The number of nitrogens with two attached hydrogens (primary N) is 1. The van der Waals surface area contributed by atoms with E-state index >= 15 is 0 Å². The average Bonchev–Trinajstić information content (AvgIpc) is 2.40. The number of hydrogen-bond donors (Lipinski definition) is 1. The Morgan fingerprint density at radius 2 is 1.61 bits per heavy atom. The lowest BCUT2D eigenvalue weighted by Gasteiger charge is -2.34. The summed E-state index contributed by atoms with van der Waals surface area (Å²) in [6.45, 7) is 2.18. The normalized spacial score (nSPS) is 17.6. The second kappa shape index (κ2) is 4.22. The van der Waals surface area contributed by atoms with Crippen LogP contribution in [0.1, 0.15) is 12.5 Å². The predicted molar refractivity (Wildman–Crippen MR) is 77.9 cm³/mol.